The quantitative estimate of drug-likeness (QED) is 0.538. The highest BCUT2D eigenvalue weighted by molar-refractivity contribution is 7.86. The maximum atomic E-state index is 10.8. The Kier molecular flexibility index (Phi) is 4.27. The molecule has 0 unspecified atom stereocenters. The number of aliphatic hydroxyl groups is 1. The number of aliphatic hydroxyl groups excluding tert-OH is 1. The van der Waals surface area contributed by atoms with E-state index >= 15 is 0 Å². The van der Waals surface area contributed by atoms with Gasteiger partial charge < -0.3 is 9.84 Å². The summed E-state index contributed by atoms with van der Waals surface area (Å²) in [5.74, 6) is 0.243. The van der Waals surface area contributed by atoms with Crippen molar-refractivity contribution in [1.29, 1.82) is 0 Å². The van der Waals surface area contributed by atoms with Gasteiger partial charge in [-0.25, -0.2) is 5.14 Å². The molecule has 1 fully saturated rings. The van der Waals surface area contributed by atoms with Gasteiger partial charge >= 0.3 is 0 Å². The van der Waals surface area contributed by atoms with Crippen molar-refractivity contribution in [3.05, 3.63) is 0 Å². The smallest absolute Gasteiger partial charge is 0.276 e. The zero-order valence-corrected chi connectivity index (χ0v) is 8.74. The van der Waals surface area contributed by atoms with Crippen molar-refractivity contribution in [1.82, 2.24) is 4.31 Å². The van der Waals surface area contributed by atoms with Gasteiger partial charge in [0.15, 0.2) is 0 Å². The lowest BCUT2D eigenvalue weighted by atomic mass is 10.1. The summed E-state index contributed by atoms with van der Waals surface area (Å²) in [6, 6.07) is 0. The highest BCUT2D eigenvalue weighted by Gasteiger charge is 2.33. The van der Waals surface area contributed by atoms with Crippen LogP contribution in [0.2, 0.25) is 0 Å². The van der Waals surface area contributed by atoms with Crippen LogP contribution in [-0.2, 0) is 14.9 Å². The van der Waals surface area contributed by atoms with Gasteiger partial charge in [0.2, 0.25) is 0 Å². The third-order valence-corrected chi connectivity index (χ3v) is 3.10. The topological polar surface area (TPSA) is 92.9 Å². The zero-order valence-electron chi connectivity index (χ0n) is 7.92. The van der Waals surface area contributed by atoms with E-state index in [2.05, 4.69) is 0 Å². The lowest BCUT2D eigenvalue weighted by molar-refractivity contribution is 0.0442. The van der Waals surface area contributed by atoms with E-state index in [1.807, 2.05) is 0 Å². The highest BCUT2D eigenvalue weighted by Crippen LogP contribution is 2.17. The number of rotatable bonds is 6. The van der Waals surface area contributed by atoms with Gasteiger partial charge in [0.25, 0.3) is 10.2 Å². The van der Waals surface area contributed by atoms with E-state index in [4.69, 9.17) is 15.0 Å². The van der Waals surface area contributed by atoms with E-state index in [-0.39, 0.29) is 12.5 Å². The second-order valence-corrected chi connectivity index (χ2v) is 4.93. The summed E-state index contributed by atoms with van der Waals surface area (Å²) in [5.41, 5.74) is 0. The molecule has 0 aromatic heterocycles. The Morgan fingerprint density at radius 2 is 2.14 bits per heavy atom. The number of nitrogens with zero attached hydrogens (tertiary/aromatic N) is 1. The average Bonchev–Trinajstić information content (AvgIpc) is 1.98. The third-order valence-electron chi connectivity index (χ3n) is 2.08. The van der Waals surface area contributed by atoms with Crippen LogP contribution in [0.1, 0.15) is 6.42 Å². The third kappa shape index (κ3) is 3.50. The fraction of sp³-hybridized carbons (Fsp3) is 1.00. The Labute approximate surface area is 83.8 Å². The van der Waals surface area contributed by atoms with E-state index < -0.39 is 10.2 Å². The molecule has 1 rings (SSSR count). The summed E-state index contributed by atoms with van der Waals surface area (Å²) in [6.07, 6.45) is 0.617. The van der Waals surface area contributed by atoms with E-state index in [1.165, 1.54) is 4.31 Å². The van der Waals surface area contributed by atoms with Crippen molar-refractivity contribution in [2.45, 2.75) is 6.42 Å². The van der Waals surface area contributed by atoms with Crippen molar-refractivity contribution in [3.8, 4) is 0 Å². The lowest BCUT2D eigenvalue weighted by Crippen LogP contribution is -2.53. The first-order valence-electron chi connectivity index (χ1n) is 4.50. The standard InChI is InChI=1S/C7H16N2O4S/c8-14(11,12)9-4-7(5-9)6-13-3-1-2-10/h7,10H,1-6H2,(H2,8,11,12). The maximum Gasteiger partial charge on any atom is 0.276 e. The molecule has 14 heavy (non-hydrogen) atoms. The van der Waals surface area contributed by atoms with Gasteiger partial charge in [-0.15, -0.1) is 0 Å². The van der Waals surface area contributed by atoms with Crippen LogP contribution in [0.25, 0.3) is 0 Å². The van der Waals surface area contributed by atoms with E-state index in [1.54, 1.807) is 0 Å². The fourth-order valence-electron chi connectivity index (χ4n) is 1.25. The zero-order chi connectivity index (χ0) is 10.6. The largest absolute Gasteiger partial charge is 0.396 e. The average molecular weight is 224 g/mol. The molecule has 1 aliphatic rings. The first-order chi connectivity index (χ1) is 6.54. The molecule has 0 amide bonds. The first-order valence-corrected chi connectivity index (χ1v) is 6.01. The highest BCUT2D eigenvalue weighted by atomic mass is 32.2. The lowest BCUT2D eigenvalue weighted by Gasteiger charge is -2.36. The minimum absolute atomic E-state index is 0.119. The fourth-order valence-corrected chi connectivity index (χ4v) is 2.09. The van der Waals surface area contributed by atoms with Crippen LogP contribution in [0.15, 0.2) is 0 Å². The van der Waals surface area contributed by atoms with Gasteiger partial charge in [0, 0.05) is 32.2 Å². The second-order valence-electron chi connectivity index (χ2n) is 3.38. The molecular formula is C7H16N2O4S. The van der Waals surface area contributed by atoms with Crippen LogP contribution in [0.5, 0.6) is 0 Å². The van der Waals surface area contributed by atoms with Gasteiger partial charge in [-0.1, -0.05) is 0 Å². The van der Waals surface area contributed by atoms with Crippen LogP contribution in [0, 0.1) is 5.92 Å². The SMILES string of the molecule is NS(=O)(=O)N1CC(COCCCO)C1. The van der Waals surface area contributed by atoms with E-state index in [0.717, 1.165) is 0 Å². The molecule has 0 bridgehead atoms. The maximum absolute atomic E-state index is 10.8. The molecule has 0 aromatic carbocycles. The van der Waals surface area contributed by atoms with Crippen molar-refractivity contribution >= 4 is 10.2 Å². The minimum atomic E-state index is -3.50. The number of hydrogen-bond donors (Lipinski definition) is 2. The molecular weight excluding hydrogens is 208 g/mol. The molecule has 1 saturated heterocycles. The Balaban J connectivity index is 2.05. The molecule has 0 atom stereocenters. The first kappa shape index (κ1) is 11.9. The summed E-state index contributed by atoms with van der Waals surface area (Å²) in [4.78, 5) is 0. The molecule has 1 aliphatic heterocycles. The molecule has 84 valence electrons. The molecule has 3 N–H and O–H groups in total. The van der Waals surface area contributed by atoms with E-state index in [0.29, 0.717) is 32.7 Å². The predicted octanol–water partition coefficient (Wildman–Crippen LogP) is -1.48. The molecule has 0 spiro atoms. The van der Waals surface area contributed by atoms with Gasteiger partial charge in [0.05, 0.1) is 6.61 Å². The molecule has 0 saturated carbocycles. The molecule has 0 radical (unpaired) electrons. The van der Waals surface area contributed by atoms with Crippen LogP contribution < -0.4 is 5.14 Å². The number of nitrogens with two attached hydrogens (primary N) is 1. The molecule has 0 aliphatic carbocycles. The van der Waals surface area contributed by atoms with Gasteiger partial charge in [-0.3, -0.25) is 0 Å². The Bertz CT molecular complexity index is 261. The Morgan fingerprint density at radius 3 is 2.64 bits per heavy atom. The Morgan fingerprint density at radius 1 is 1.50 bits per heavy atom. The van der Waals surface area contributed by atoms with Gasteiger partial charge in [-0.2, -0.15) is 12.7 Å². The summed E-state index contributed by atoms with van der Waals surface area (Å²) < 4.78 is 28.0. The van der Waals surface area contributed by atoms with Crippen LogP contribution in [0.3, 0.4) is 0 Å². The molecule has 0 aromatic rings. The summed E-state index contributed by atoms with van der Waals surface area (Å²) in [5, 5.41) is 13.4. The van der Waals surface area contributed by atoms with Crippen molar-refractivity contribution in [2.75, 3.05) is 32.9 Å². The van der Waals surface area contributed by atoms with E-state index in [9.17, 15) is 8.42 Å². The van der Waals surface area contributed by atoms with Gasteiger partial charge in [-0.05, 0) is 6.42 Å². The number of hydrogen-bond acceptors (Lipinski definition) is 4. The monoisotopic (exact) mass is 224 g/mol. The summed E-state index contributed by atoms with van der Waals surface area (Å²) in [7, 11) is -3.50. The molecule has 7 heteroatoms. The van der Waals surface area contributed by atoms with Crippen LogP contribution in [0.4, 0.5) is 0 Å². The van der Waals surface area contributed by atoms with Crippen molar-refractivity contribution in [3.63, 3.8) is 0 Å². The molecule has 6 nitrogen and oxygen atoms in total. The second kappa shape index (κ2) is 5.04. The van der Waals surface area contributed by atoms with Crippen molar-refractivity contribution < 1.29 is 18.3 Å². The summed E-state index contributed by atoms with van der Waals surface area (Å²) >= 11 is 0. The Hall–Kier alpha value is -0.210. The minimum Gasteiger partial charge on any atom is -0.396 e. The predicted molar refractivity (Wildman–Crippen MR) is 50.7 cm³/mol. The summed E-state index contributed by atoms with van der Waals surface area (Å²) in [6.45, 7) is 2.05. The van der Waals surface area contributed by atoms with Crippen molar-refractivity contribution in [2.24, 2.45) is 11.1 Å². The van der Waals surface area contributed by atoms with Crippen LogP contribution in [-0.4, -0.2) is 50.7 Å². The number of ether oxygens (including phenoxy) is 1. The van der Waals surface area contributed by atoms with Gasteiger partial charge in [0.1, 0.15) is 0 Å². The van der Waals surface area contributed by atoms with Crippen LogP contribution >= 0.6 is 0 Å². The normalized spacial score (nSPS) is 19.6. The molecule has 1 heterocycles.